The van der Waals surface area contributed by atoms with Crippen molar-refractivity contribution in [3.05, 3.63) is 77.9 Å². The van der Waals surface area contributed by atoms with E-state index in [9.17, 15) is 14.7 Å². The molecule has 0 heterocycles. The normalized spacial score (nSPS) is 18.2. The molecule has 3 aromatic rings. The largest absolute Gasteiger partial charge is 0.508 e. The molecule has 44 heavy (non-hydrogen) atoms. The summed E-state index contributed by atoms with van der Waals surface area (Å²) in [5.74, 6) is -0.234. The first-order valence-electron chi connectivity index (χ1n) is 16.5. The van der Waals surface area contributed by atoms with Gasteiger partial charge in [-0.3, -0.25) is 9.59 Å². The zero-order valence-corrected chi connectivity index (χ0v) is 27.9. The average molecular weight is 601 g/mol. The minimum Gasteiger partial charge on any atom is -0.508 e. The van der Waals surface area contributed by atoms with Crippen molar-refractivity contribution >= 4 is 22.7 Å². The molecular weight excluding hydrogens is 548 g/mol. The molecular formula is C39H52O5. The predicted octanol–water partition coefficient (Wildman–Crippen LogP) is 9.99. The summed E-state index contributed by atoms with van der Waals surface area (Å²) in [4.78, 5) is 28.4. The molecule has 5 nitrogen and oxygen atoms in total. The van der Waals surface area contributed by atoms with Gasteiger partial charge in [0.25, 0.3) is 0 Å². The molecule has 3 aromatic carbocycles. The van der Waals surface area contributed by atoms with Crippen LogP contribution in [0, 0.1) is 10.8 Å². The summed E-state index contributed by atoms with van der Waals surface area (Å²) in [7, 11) is 0. The van der Waals surface area contributed by atoms with E-state index in [1.807, 2.05) is 77.1 Å². The number of esters is 2. The van der Waals surface area contributed by atoms with Crippen molar-refractivity contribution in [2.24, 2.45) is 10.8 Å². The molecule has 0 bridgehead atoms. The van der Waals surface area contributed by atoms with Gasteiger partial charge in [0.1, 0.15) is 17.0 Å². The molecule has 3 unspecified atom stereocenters. The monoisotopic (exact) mass is 600 g/mol. The van der Waals surface area contributed by atoms with Crippen LogP contribution in [0.2, 0.25) is 0 Å². The van der Waals surface area contributed by atoms with Gasteiger partial charge >= 0.3 is 11.9 Å². The van der Waals surface area contributed by atoms with E-state index in [2.05, 4.69) is 26.0 Å². The lowest BCUT2D eigenvalue weighted by molar-refractivity contribution is -0.180. The van der Waals surface area contributed by atoms with Crippen molar-refractivity contribution in [1.29, 1.82) is 0 Å². The van der Waals surface area contributed by atoms with Gasteiger partial charge in [0.05, 0.1) is 10.8 Å². The topological polar surface area (TPSA) is 72.8 Å². The van der Waals surface area contributed by atoms with E-state index in [0.717, 1.165) is 60.4 Å². The minimum atomic E-state index is -0.965. The van der Waals surface area contributed by atoms with Crippen LogP contribution in [0.15, 0.2) is 66.7 Å². The van der Waals surface area contributed by atoms with Gasteiger partial charge in [0, 0.05) is 0 Å². The number of hydrogen-bond donors (Lipinski definition) is 1. The van der Waals surface area contributed by atoms with Crippen molar-refractivity contribution in [3.8, 4) is 5.75 Å². The first kappa shape index (κ1) is 33.6. The number of phenolic OH excluding ortho intramolecular Hbond substituents is 1. The number of hydrogen-bond acceptors (Lipinski definition) is 5. The second-order valence-corrected chi connectivity index (χ2v) is 14.2. The molecule has 4 rings (SSSR count). The summed E-state index contributed by atoms with van der Waals surface area (Å²) >= 11 is 0. The van der Waals surface area contributed by atoms with E-state index in [-0.39, 0.29) is 23.6 Å². The molecule has 1 fully saturated rings. The van der Waals surface area contributed by atoms with Crippen LogP contribution in [0.25, 0.3) is 10.8 Å². The quantitative estimate of drug-likeness (QED) is 0.198. The summed E-state index contributed by atoms with van der Waals surface area (Å²) in [5.41, 5.74) is -0.978. The fraction of sp³-hybridized carbons (Fsp3) is 0.538. The van der Waals surface area contributed by atoms with E-state index in [4.69, 9.17) is 9.47 Å². The van der Waals surface area contributed by atoms with Crippen LogP contribution in [-0.2, 0) is 24.7 Å². The first-order valence-corrected chi connectivity index (χ1v) is 16.5. The Morgan fingerprint density at radius 3 is 2.11 bits per heavy atom. The molecule has 0 saturated heterocycles. The van der Waals surface area contributed by atoms with Crippen molar-refractivity contribution in [1.82, 2.24) is 0 Å². The third-order valence-electron chi connectivity index (χ3n) is 10.2. The van der Waals surface area contributed by atoms with Crippen LogP contribution in [0.5, 0.6) is 5.75 Å². The van der Waals surface area contributed by atoms with Crippen LogP contribution in [-0.4, -0.2) is 22.6 Å². The second-order valence-electron chi connectivity index (χ2n) is 14.2. The van der Waals surface area contributed by atoms with Crippen molar-refractivity contribution < 1.29 is 24.2 Å². The maximum Gasteiger partial charge on any atom is 0.312 e. The maximum absolute atomic E-state index is 14.5. The highest BCUT2D eigenvalue weighted by Gasteiger charge is 2.49. The predicted molar refractivity (Wildman–Crippen MR) is 178 cm³/mol. The molecule has 0 spiro atoms. The lowest BCUT2D eigenvalue weighted by atomic mass is 9.68. The number of phenols is 1. The van der Waals surface area contributed by atoms with E-state index in [1.165, 1.54) is 0 Å². The third-order valence-corrected chi connectivity index (χ3v) is 10.2. The number of carbonyl (C=O) groups is 2. The van der Waals surface area contributed by atoms with Crippen molar-refractivity contribution in [2.45, 2.75) is 123 Å². The summed E-state index contributed by atoms with van der Waals surface area (Å²) in [6.07, 6.45) is 7.02. The fourth-order valence-corrected chi connectivity index (χ4v) is 7.16. The van der Waals surface area contributed by atoms with Gasteiger partial charge in [-0.25, -0.2) is 0 Å². The smallest absolute Gasteiger partial charge is 0.312 e. The van der Waals surface area contributed by atoms with Crippen LogP contribution >= 0.6 is 0 Å². The number of ether oxygens (including phenoxy) is 2. The minimum absolute atomic E-state index is 0.0546. The SMILES string of the molecule is CCC(CC(C)(CC(C)(C)C(=O)OC1(CC)CCCC1)C(=O)OC(C)(CC)c1ccccc1)c1ccc2cc(O)ccc2c1. The molecule has 0 amide bonds. The van der Waals surface area contributed by atoms with Crippen LogP contribution < -0.4 is 0 Å². The second kappa shape index (κ2) is 13.3. The lowest BCUT2D eigenvalue weighted by Gasteiger charge is -2.41. The summed E-state index contributed by atoms with van der Waals surface area (Å²) in [6, 6.07) is 21.6. The molecule has 1 saturated carbocycles. The molecule has 0 radical (unpaired) electrons. The zero-order chi connectivity index (χ0) is 32.2. The number of rotatable bonds is 13. The molecule has 1 aliphatic rings. The van der Waals surface area contributed by atoms with Gasteiger partial charge in [-0.15, -0.1) is 0 Å². The van der Waals surface area contributed by atoms with Gasteiger partial charge in [0.2, 0.25) is 0 Å². The average Bonchev–Trinajstić information content (AvgIpc) is 3.48. The summed E-state index contributed by atoms with van der Waals surface area (Å²) < 4.78 is 12.8. The molecule has 5 heteroatoms. The van der Waals surface area contributed by atoms with Crippen LogP contribution in [0.3, 0.4) is 0 Å². The lowest BCUT2D eigenvalue weighted by Crippen LogP contribution is -2.44. The Kier molecular flexibility index (Phi) is 10.2. The van der Waals surface area contributed by atoms with Crippen molar-refractivity contribution in [2.75, 3.05) is 0 Å². The van der Waals surface area contributed by atoms with Gasteiger partial charge in [-0.1, -0.05) is 75.4 Å². The number of carbonyl (C=O) groups excluding carboxylic acids is 2. The molecule has 1 N–H and O–H groups in total. The Morgan fingerprint density at radius 1 is 0.864 bits per heavy atom. The highest BCUT2D eigenvalue weighted by molar-refractivity contribution is 5.85. The first-order chi connectivity index (χ1) is 20.8. The van der Waals surface area contributed by atoms with E-state index < -0.39 is 22.0 Å². The van der Waals surface area contributed by atoms with Gasteiger partial charge < -0.3 is 14.6 Å². The summed E-state index contributed by atoms with van der Waals surface area (Å²) in [5, 5.41) is 12.0. The third kappa shape index (κ3) is 7.30. The Hall–Kier alpha value is -3.34. The van der Waals surface area contributed by atoms with Gasteiger partial charge in [-0.2, -0.15) is 0 Å². The number of fused-ring (bicyclic) bond motifs is 1. The molecule has 3 atom stereocenters. The van der Waals surface area contributed by atoms with Crippen molar-refractivity contribution in [3.63, 3.8) is 0 Å². The van der Waals surface area contributed by atoms with E-state index in [0.29, 0.717) is 19.3 Å². The Balaban J connectivity index is 1.68. The zero-order valence-electron chi connectivity index (χ0n) is 27.9. The standard InChI is InChI=1S/C39H52O5/c1-8-28(29-18-19-31-25-33(40)21-20-30(31)24-29)26-37(6,35(42)43-38(7,9-2)32-16-12-11-13-17-32)27-36(4,5)34(41)44-39(10-3)22-14-15-23-39/h11-13,16-21,24-25,28,40H,8-10,14-15,22-23,26-27H2,1-7H3. The maximum atomic E-state index is 14.5. The Labute approximate surface area is 264 Å². The Bertz CT molecular complexity index is 1440. The highest BCUT2D eigenvalue weighted by atomic mass is 16.6. The number of aromatic hydroxyl groups is 1. The van der Waals surface area contributed by atoms with Crippen LogP contribution in [0.1, 0.15) is 123 Å². The fourth-order valence-electron chi connectivity index (χ4n) is 7.16. The molecule has 0 aliphatic heterocycles. The molecule has 0 aromatic heterocycles. The van der Waals surface area contributed by atoms with E-state index in [1.54, 1.807) is 12.1 Å². The number of benzene rings is 3. The Morgan fingerprint density at radius 2 is 1.50 bits per heavy atom. The molecule has 238 valence electrons. The van der Waals surface area contributed by atoms with Gasteiger partial charge in [-0.05, 0) is 125 Å². The van der Waals surface area contributed by atoms with E-state index >= 15 is 0 Å². The molecule has 1 aliphatic carbocycles. The van der Waals surface area contributed by atoms with Crippen LogP contribution in [0.4, 0.5) is 0 Å². The van der Waals surface area contributed by atoms with Gasteiger partial charge in [0.15, 0.2) is 0 Å². The summed E-state index contributed by atoms with van der Waals surface area (Å²) in [6.45, 7) is 14.0. The highest BCUT2D eigenvalue weighted by Crippen LogP contribution is 2.47.